The van der Waals surface area contributed by atoms with Gasteiger partial charge in [0.15, 0.2) is 0 Å². The van der Waals surface area contributed by atoms with Gasteiger partial charge in [-0.2, -0.15) is 0 Å². The second-order valence-electron chi connectivity index (χ2n) is 7.53. The van der Waals surface area contributed by atoms with Gasteiger partial charge in [-0.3, -0.25) is 14.8 Å². The molecule has 1 saturated heterocycles. The van der Waals surface area contributed by atoms with Crippen molar-refractivity contribution in [3.63, 3.8) is 0 Å². The lowest BCUT2D eigenvalue weighted by atomic mass is 9.93. The standard InChI is InChI=1S/C24H24ClN3O/c25-22-8-2-1-5-19(22)16-21-7-3-9-23(27-21)20-6-4-14-28(17-20)24(29)15-18-10-12-26-13-11-18/h1-3,5,7-13,20H,4,6,14-17H2. The minimum atomic E-state index is 0.174. The fourth-order valence-electron chi connectivity index (χ4n) is 3.89. The molecule has 29 heavy (non-hydrogen) atoms. The molecule has 1 amide bonds. The average molecular weight is 406 g/mol. The van der Waals surface area contributed by atoms with Gasteiger partial charge in [0.05, 0.1) is 6.42 Å². The summed E-state index contributed by atoms with van der Waals surface area (Å²) in [6.45, 7) is 1.55. The number of carbonyl (C=O) groups excluding carboxylic acids is 1. The predicted molar refractivity (Wildman–Crippen MR) is 115 cm³/mol. The highest BCUT2D eigenvalue weighted by Crippen LogP contribution is 2.27. The molecule has 1 unspecified atom stereocenters. The van der Waals surface area contributed by atoms with Gasteiger partial charge >= 0.3 is 0 Å². The van der Waals surface area contributed by atoms with Gasteiger partial charge in [0, 0.05) is 54.2 Å². The minimum absolute atomic E-state index is 0.174. The number of hydrogen-bond acceptors (Lipinski definition) is 3. The summed E-state index contributed by atoms with van der Waals surface area (Å²) in [4.78, 5) is 23.7. The molecule has 1 fully saturated rings. The highest BCUT2D eigenvalue weighted by Gasteiger charge is 2.25. The van der Waals surface area contributed by atoms with Crippen LogP contribution in [0.3, 0.4) is 0 Å². The summed E-state index contributed by atoms with van der Waals surface area (Å²) in [5.41, 5.74) is 4.16. The van der Waals surface area contributed by atoms with Crippen LogP contribution in [0.25, 0.3) is 0 Å². The van der Waals surface area contributed by atoms with Crippen molar-refractivity contribution < 1.29 is 4.79 Å². The molecule has 5 heteroatoms. The molecule has 0 aliphatic carbocycles. The molecule has 0 N–H and O–H groups in total. The molecule has 1 aromatic carbocycles. The third kappa shape index (κ3) is 5.01. The van der Waals surface area contributed by atoms with Crippen LogP contribution in [0.2, 0.25) is 5.02 Å². The van der Waals surface area contributed by atoms with Gasteiger partial charge in [0.25, 0.3) is 0 Å². The van der Waals surface area contributed by atoms with Gasteiger partial charge in [0.1, 0.15) is 0 Å². The molecule has 1 atom stereocenters. The monoisotopic (exact) mass is 405 g/mol. The summed E-state index contributed by atoms with van der Waals surface area (Å²) in [5, 5.41) is 0.769. The molecule has 3 heterocycles. The second kappa shape index (κ2) is 9.19. The third-order valence-electron chi connectivity index (χ3n) is 5.45. The molecule has 4 rings (SSSR count). The number of nitrogens with zero attached hydrogens (tertiary/aromatic N) is 3. The molecule has 0 saturated carbocycles. The van der Waals surface area contributed by atoms with E-state index in [1.165, 1.54) is 0 Å². The number of hydrogen-bond donors (Lipinski definition) is 0. The zero-order valence-corrected chi connectivity index (χ0v) is 17.1. The molecule has 1 aliphatic rings. The molecule has 0 radical (unpaired) electrons. The van der Waals surface area contributed by atoms with E-state index >= 15 is 0 Å². The van der Waals surface area contributed by atoms with Crippen molar-refractivity contribution in [1.29, 1.82) is 0 Å². The number of rotatable bonds is 5. The number of piperidine rings is 1. The van der Waals surface area contributed by atoms with Crippen molar-refractivity contribution in [3.8, 4) is 0 Å². The van der Waals surface area contributed by atoms with Crippen LogP contribution < -0.4 is 0 Å². The van der Waals surface area contributed by atoms with Gasteiger partial charge < -0.3 is 4.90 Å². The molecule has 1 aliphatic heterocycles. The summed E-state index contributed by atoms with van der Waals surface area (Å²) < 4.78 is 0. The molecule has 148 valence electrons. The van der Waals surface area contributed by atoms with Gasteiger partial charge in [-0.05, 0) is 54.3 Å². The third-order valence-corrected chi connectivity index (χ3v) is 5.82. The van der Waals surface area contributed by atoms with Crippen molar-refractivity contribution in [2.24, 2.45) is 0 Å². The van der Waals surface area contributed by atoms with E-state index in [0.29, 0.717) is 12.8 Å². The Hall–Kier alpha value is -2.72. The van der Waals surface area contributed by atoms with Crippen molar-refractivity contribution >= 4 is 17.5 Å². The van der Waals surface area contributed by atoms with Gasteiger partial charge in [0.2, 0.25) is 5.91 Å². The molecule has 0 bridgehead atoms. The quantitative estimate of drug-likeness (QED) is 0.619. The van der Waals surface area contributed by atoms with Crippen LogP contribution in [0.15, 0.2) is 67.0 Å². The van der Waals surface area contributed by atoms with E-state index in [2.05, 4.69) is 17.1 Å². The number of pyridine rings is 2. The number of benzene rings is 1. The maximum Gasteiger partial charge on any atom is 0.227 e. The Bertz CT molecular complexity index is 977. The Morgan fingerprint density at radius 1 is 1.07 bits per heavy atom. The number of aromatic nitrogens is 2. The van der Waals surface area contributed by atoms with E-state index < -0.39 is 0 Å². The summed E-state index contributed by atoms with van der Waals surface area (Å²) in [6.07, 6.45) is 6.66. The SMILES string of the molecule is O=C(Cc1ccncc1)N1CCCC(c2cccc(Cc3ccccc3Cl)n2)C1. The van der Waals surface area contributed by atoms with Crippen molar-refractivity contribution in [1.82, 2.24) is 14.9 Å². The van der Waals surface area contributed by atoms with E-state index in [4.69, 9.17) is 16.6 Å². The highest BCUT2D eigenvalue weighted by atomic mass is 35.5. The van der Waals surface area contributed by atoms with E-state index in [1.54, 1.807) is 12.4 Å². The van der Waals surface area contributed by atoms with Crippen LogP contribution in [0.4, 0.5) is 0 Å². The maximum absolute atomic E-state index is 12.8. The fourth-order valence-corrected chi connectivity index (χ4v) is 4.10. The zero-order valence-electron chi connectivity index (χ0n) is 16.3. The lowest BCUT2D eigenvalue weighted by Crippen LogP contribution is -2.40. The number of likely N-dealkylation sites (tertiary alicyclic amines) is 1. The first kappa shape index (κ1) is 19.6. The van der Waals surface area contributed by atoms with E-state index in [-0.39, 0.29) is 11.8 Å². The first-order valence-corrected chi connectivity index (χ1v) is 10.4. The average Bonchev–Trinajstić information content (AvgIpc) is 2.76. The van der Waals surface area contributed by atoms with Crippen molar-refractivity contribution in [2.75, 3.05) is 13.1 Å². The van der Waals surface area contributed by atoms with Crippen LogP contribution in [-0.4, -0.2) is 33.9 Å². The topological polar surface area (TPSA) is 46.1 Å². The van der Waals surface area contributed by atoms with Crippen LogP contribution in [-0.2, 0) is 17.6 Å². The molecule has 3 aromatic rings. The van der Waals surface area contributed by atoms with Crippen molar-refractivity contribution in [3.05, 3.63) is 94.5 Å². The van der Waals surface area contributed by atoms with E-state index in [9.17, 15) is 4.79 Å². The summed E-state index contributed by atoms with van der Waals surface area (Å²) >= 11 is 6.31. The Balaban J connectivity index is 1.44. The van der Waals surface area contributed by atoms with Gasteiger partial charge in [-0.1, -0.05) is 35.9 Å². The summed E-state index contributed by atoms with van der Waals surface area (Å²) in [7, 11) is 0. The van der Waals surface area contributed by atoms with E-state index in [1.807, 2.05) is 47.4 Å². The molecule has 0 spiro atoms. The second-order valence-corrected chi connectivity index (χ2v) is 7.94. The van der Waals surface area contributed by atoms with Crippen LogP contribution in [0, 0.1) is 0 Å². The summed E-state index contributed by atoms with van der Waals surface area (Å²) in [6, 6.07) is 17.9. The van der Waals surface area contributed by atoms with Crippen LogP contribution in [0.1, 0.15) is 41.3 Å². The Morgan fingerprint density at radius 3 is 2.72 bits per heavy atom. The largest absolute Gasteiger partial charge is 0.342 e. The maximum atomic E-state index is 12.8. The first-order valence-electron chi connectivity index (χ1n) is 10.0. The summed E-state index contributed by atoms with van der Waals surface area (Å²) in [5.74, 6) is 0.449. The van der Waals surface area contributed by atoms with Crippen LogP contribution in [0.5, 0.6) is 0 Å². The number of amides is 1. The Morgan fingerprint density at radius 2 is 1.90 bits per heavy atom. The van der Waals surface area contributed by atoms with E-state index in [0.717, 1.165) is 53.5 Å². The van der Waals surface area contributed by atoms with Crippen LogP contribution >= 0.6 is 11.6 Å². The fraction of sp³-hybridized carbons (Fsp3) is 0.292. The molecule has 4 nitrogen and oxygen atoms in total. The minimum Gasteiger partial charge on any atom is -0.342 e. The lowest BCUT2D eigenvalue weighted by Gasteiger charge is -2.32. The normalized spacial score (nSPS) is 16.6. The lowest BCUT2D eigenvalue weighted by molar-refractivity contribution is -0.131. The predicted octanol–water partition coefficient (Wildman–Crippen LogP) is 4.67. The van der Waals surface area contributed by atoms with Gasteiger partial charge in [-0.15, -0.1) is 0 Å². The number of halogens is 1. The first-order chi connectivity index (χ1) is 14.2. The van der Waals surface area contributed by atoms with Crippen molar-refractivity contribution in [2.45, 2.75) is 31.6 Å². The Labute approximate surface area is 176 Å². The van der Waals surface area contributed by atoms with Gasteiger partial charge in [-0.25, -0.2) is 0 Å². The Kier molecular flexibility index (Phi) is 6.20. The molecule has 2 aromatic heterocycles. The highest BCUT2D eigenvalue weighted by molar-refractivity contribution is 6.31. The number of carbonyl (C=O) groups is 1. The molecular weight excluding hydrogens is 382 g/mol. The molecular formula is C24H24ClN3O. The smallest absolute Gasteiger partial charge is 0.227 e. The zero-order chi connectivity index (χ0) is 20.1.